The maximum Gasteiger partial charge on any atom is 0.262 e. The molecule has 5 heteroatoms. The van der Waals surface area contributed by atoms with Crippen LogP contribution >= 0.6 is 0 Å². The van der Waals surface area contributed by atoms with Crippen LogP contribution in [0.3, 0.4) is 0 Å². The van der Waals surface area contributed by atoms with Crippen molar-refractivity contribution in [2.45, 2.75) is 13.5 Å². The van der Waals surface area contributed by atoms with Crippen molar-refractivity contribution in [3.63, 3.8) is 0 Å². The highest BCUT2D eigenvalue weighted by Gasteiger charge is 2.08. The molecule has 0 spiro atoms. The van der Waals surface area contributed by atoms with Crippen LogP contribution in [0.5, 0.6) is 5.75 Å². The average molecular weight is 289 g/mol. The number of halogens is 1. The lowest BCUT2D eigenvalue weighted by Gasteiger charge is -2.09. The second kappa shape index (κ2) is 6.85. The zero-order valence-corrected chi connectivity index (χ0v) is 11.6. The highest BCUT2D eigenvalue weighted by molar-refractivity contribution is 5.91. The van der Waals surface area contributed by atoms with Crippen LogP contribution in [-0.2, 0) is 11.4 Å². The molecule has 0 fully saturated rings. The van der Waals surface area contributed by atoms with E-state index in [4.69, 9.17) is 9.84 Å². The zero-order valence-electron chi connectivity index (χ0n) is 11.6. The van der Waals surface area contributed by atoms with Gasteiger partial charge in [-0.15, -0.1) is 0 Å². The van der Waals surface area contributed by atoms with Gasteiger partial charge in [0.1, 0.15) is 0 Å². The van der Waals surface area contributed by atoms with Gasteiger partial charge >= 0.3 is 0 Å². The zero-order chi connectivity index (χ0) is 15.2. The van der Waals surface area contributed by atoms with Gasteiger partial charge in [0.15, 0.2) is 18.2 Å². The van der Waals surface area contributed by atoms with Gasteiger partial charge in [0, 0.05) is 5.69 Å². The van der Waals surface area contributed by atoms with Crippen molar-refractivity contribution >= 4 is 11.6 Å². The molecule has 0 unspecified atom stereocenters. The first-order valence-electron chi connectivity index (χ1n) is 6.47. The third-order valence-corrected chi connectivity index (χ3v) is 2.87. The first-order chi connectivity index (χ1) is 10.1. The van der Waals surface area contributed by atoms with E-state index < -0.39 is 5.82 Å². The molecule has 4 nitrogen and oxygen atoms in total. The minimum atomic E-state index is -0.607. The van der Waals surface area contributed by atoms with Gasteiger partial charge in [-0.1, -0.05) is 23.8 Å². The van der Waals surface area contributed by atoms with Gasteiger partial charge in [0.2, 0.25) is 0 Å². The Labute approximate surface area is 122 Å². The van der Waals surface area contributed by atoms with E-state index in [2.05, 4.69) is 5.32 Å². The molecule has 2 N–H and O–H groups in total. The molecular weight excluding hydrogens is 273 g/mol. The summed E-state index contributed by atoms with van der Waals surface area (Å²) < 4.78 is 18.7. The molecule has 0 radical (unpaired) electrons. The Balaban J connectivity index is 1.90. The van der Waals surface area contributed by atoms with Crippen molar-refractivity contribution in [1.82, 2.24) is 0 Å². The summed E-state index contributed by atoms with van der Waals surface area (Å²) in [6, 6.07) is 11.4. The Morgan fingerprint density at radius 2 is 1.95 bits per heavy atom. The number of ether oxygens (including phenoxy) is 1. The molecule has 0 aliphatic rings. The third kappa shape index (κ3) is 4.29. The van der Waals surface area contributed by atoms with Crippen LogP contribution in [0.2, 0.25) is 0 Å². The molecule has 0 saturated carbocycles. The summed E-state index contributed by atoms with van der Waals surface area (Å²) in [4.78, 5) is 11.7. The van der Waals surface area contributed by atoms with Crippen LogP contribution in [0.1, 0.15) is 11.1 Å². The molecule has 0 saturated heterocycles. The summed E-state index contributed by atoms with van der Waals surface area (Å²) in [6.45, 7) is 1.42. The molecule has 0 aliphatic heterocycles. The standard InChI is InChI=1S/C16H16FNO3/c1-11-2-5-13(6-3-11)18-16(20)10-21-15-7-4-12(9-19)8-14(15)17/h2-8,19H,9-10H2,1H3,(H,18,20). The number of aliphatic hydroxyl groups is 1. The van der Waals surface area contributed by atoms with Gasteiger partial charge in [-0.25, -0.2) is 4.39 Å². The first kappa shape index (κ1) is 15.0. The number of aryl methyl sites for hydroxylation is 1. The first-order valence-corrected chi connectivity index (χ1v) is 6.47. The van der Waals surface area contributed by atoms with Crippen molar-refractivity contribution in [2.24, 2.45) is 0 Å². The van der Waals surface area contributed by atoms with E-state index in [1.54, 1.807) is 12.1 Å². The van der Waals surface area contributed by atoms with Crippen molar-refractivity contribution in [3.8, 4) is 5.75 Å². The largest absolute Gasteiger partial charge is 0.481 e. The molecule has 2 aromatic carbocycles. The van der Waals surface area contributed by atoms with Gasteiger partial charge in [-0.05, 0) is 36.8 Å². The summed E-state index contributed by atoms with van der Waals surface area (Å²) in [5.74, 6) is -1.000. The van der Waals surface area contributed by atoms with Gasteiger partial charge in [0.05, 0.1) is 6.61 Å². The van der Waals surface area contributed by atoms with E-state index in [0.717, 1.165) is 5.56 Å². The lowest BCUT2D eigenvalue weighted by atomic mass is 10.2. The highest BCUT2D eigenvalue weighted by atomic mass is 19.1. The van der Waals surface area contributed by atoms with E-state index >= 15 is 0 Å². The monoisotopic (exact) mass is 289 g/mol. The van der Waals surface area contributed by atoms with Gasteiger partial charge in [-0.3, -0.25) is 4.79 Å². The maximum atomic E-state index is 13.6. The molecule has 0 atom stereocenters. The van der Waals surface area contributed by atoms with Crippen molar-refractivity contribution in [1.29, 1.82) is 0 Å². The highest BCUT2D eigenvalue weighted by Crippen LogP contribution is 2.18. The Morgan fingerprint density at radius 3 is 2.57 bits per heavy atom. The van der Waals surface area contributed by atoms with E-state index in [-0.39, 0.29) is 24.9 Å². The normalized spacial score (nSPS) is 10.2. The summed E-state index contributed by atoms with van der Waals surface area (Å²) in [6.07, 6.45) is 0. The van der Waals surface area contributed by atoms with Crippen LogP contribution in [0.4, 0.5) is 10.1 Å². The smallest absolute Gasteiger partial charge is 0.262 e. The number of anilines is 1. The second-order valence-electron chi connectivity index (χ2n) is 4.63. The number of carbonyl (C=O) groups excluding carboxylic acids is 1. The quantitative estimate of drug-likeness (QED) is 0.889. The maximum absolute atomic E-state index is 13.6. The fourth-order valence-corrected chi connectivity index (χ4v) is 1.74. The Hall–Kier alpha value is -2.40. The number of hydrogen-bond acceptors (Lipinski definition) is 3. The summed E-state index contributed by atoms with van der Waals surface area (Å²) >= 11 is 0. The predicted molar refractivity (Wildman–Crippen MR) is 77.6 cm³/mol. The average Bonchev–Trinajstić information content (AvgIpc) is 2.48. The Bertz CT molecular complexity index is 626. The predicted octanol–water partition coefficient (Wildman–Crippen LogP) is 2.64. The van der Waals surface area contributed by atoms with Crippen LogP contribution in [0.25, 0.3) is 0 Å². The van der Waals surface area contributed by atoms with E-state index in [9.17, 15) is 9.18 Å². The summed E-state index contributed by atoms with van der Waals surface area (Å²) in [7, 11) is 0. The molecule has 0 bridgehead atoms. The fourth-order valence-electron chi connectivity index (χ4n) is 1.74. The van der Waals surface area contributed by atoms with Crippen molar-refractivity contribution in [2.75, 3.05) is 11.9 Å². The lowest BCUT2D eigenvalue weighted by molar-refractivity contribution is -0.118. The Morgan fingerprint density at radius 1 is 1.24 bits per heavy atom. The SMILES string of the molecule is Cc1ccc(NC(=O)COc2ccc(CO)cc2F)cc1. The molecule has 1 amide bonds. The topological polar surface area (TPSA) is 58.6 Å². The van der Waals surface area contributed by atoms with Crippen LogP contribution in [0, 0.1) is 12.7 Å². The number of nitrogens with one attached hydrogen (secondary N) is 1. The van der Waals surface area contributed by atoms with Gasteiger partial charge in [0.25, 0.3) is 5.91 Å². The number of rotatable bonds is 5. The molecule has 2 rings (SSSR count). The number of hydrogen-bond donors (Lipinski definition) is 2. The van der Waals surface area contributed by atoms with Gasteiger partial charge < -0.3 is 15.2 Å². The van der Waals surface area contributed by atoms with Crippen LogP contribution in [0.15, 0.2) is 42.5 Å². The molecule has 21 heavy (non-hydrogen) atoms. The summed E-state index contributed by atoms with van der Waals surface area (Å²) in [5, 5.41) is 11.5. The fraction of sp³-hybridized carbons (Fsp3) is 0.188. The van der Waals surface area contributed by atoms with Crippen LogP contribution < -0.4 is 10.1 Å². The number of benzene rings is 2. The third-order valence-electron chi connectivity index (χ3n) is 2.87. The molecule has 110 valence electrons. The molecular formula is C16H16FNO3. The molecule has 0 aliphatic carbocycles. The minimum Gasteiger partial charge on any atom is -0.481 e. The molecule has 0 heterocycles. The Kier molecular flexibility index (Phi) is 4.90. The minimum absolute atomic E-state index is 0.0220. The van der Waals surface area contributed by atoms with E-state index in [1.807, 2.05) is 19.1 Å². The number of aliphatic hydroxyl groups excluding tert-OH is 1. The van der Waals surface area contributed by atoms with Gasteiger partial charge in [-0.2, -0.15) is 0 Å². The molecule has 2 aromatic rings. The number of amides is 1. The van der Waals surface area contributed by atoms with Crippen LogP contribution in [-0.4, -0.2) is 17.6 Å². The second-order valence-corrected chi connectivity index (χ2v) is 4.63. The summed E-state index contributed by atoms with van der Waals surface area (Å²) in [5.41, 5.74) is 2.20. The van der Waals surface area contributed by atoms with Crippen molar-refractivity contribution in [3.05, 3.63) is 59.4 Å². The van der Waals surface area contributed by atoms with E-state index in [0.29, 0.717) is 11.3 Å². The van der Waals surface area contributed by atoms with Crippen molar-refractivity contribution < 1.29 is 19.0 Å². The lowest BCUT2D eigenvalue weighted by Crippen LogP contribution is -2.20. The van der Waals surface area contributed by atoms with E-state index in [1.165, 1.54) is 18.2 Å². The number of carbonyl (C=O) groups is 1. The molecule has 0 aromatic heterocycles.